The Hall–Kier alpha value is -2.11. The quantitative estimate of drug-likeness (QED) is 0.664. The number of carbonyl (C=O) groups is 1. The highest BCUT2D eigenvalue weighted by Crippen LogP contribution is 2.23. The molecule has 26 heavy (non-hydrogen) atoms. The van der Waals surface area contributed by atoms with E-state index >= 15 is 0 Å². The third-order valence-corrected chi connectivity index (χ3v) is 4.15. The van der Waals surface area contributed by atoms with E-state index in [1.165, 1.54) is 12.1 Å². The van der Waals surface area contributed by atoms with Crippen LogP contribution < -0.4 is 4.74 Å². The SMILES string of the molecule is CN(C)CCN(Cc1cccc(F)c1)C(=O)CCOc1ccccc1Cl. The molecular weight excluding hydrogens is 355 g/mol. The highest BCUT2D eigenvalue weighted by atomic mass is 35.5. The largest absolute Gasteiger partial charge is 0.491 e. The maximum atomic E-state index is 13.4. The molecule has 0 aliphatic carbocycles. The van der Waals surface area contributed by atoms with E-state index in [-0.39, 0.29) is 24.8 Å². The van der Waals surface area contributed by atoms with E-state index in [2.05, 4.69) is 0 Å². The van der Waals surface area contributed by atoms with Gasteiger partial charge in [0, 0.05) is 19.6 Å². The fourth-order valence-electron chi connectivity index (χ4n) is 2.44. The van der Waals surface area contributed by atoms with Gasteiger partial charge in [-0.2, -0.15) is 0 Å². The average Bonchev–Trinajstić information content (AvgIpc) is 2.60. The van der Waals surface area contributed by atoms with Gasteiger partial charge < -0.3 is 14.5 Å². The molecule has 0 saturated carbocycles. The monoisotopic (exact) mass is 378 g/mol. The van der Waals surface area contributed by atoms with E-state index in [4.69, 9.17) is 16.3 Å². The Morgan fingerprint density at radius 2 is 1.88 bits per heavy atom. The molecule has 0 unspecified atom stereocenters. The first-order valence-electron chi connectivity index (χ1n) is 8.50. The van der Waals surface area contributed by atoms with Gasteiger partial charge in [0.1, 0.15) is 11.6 Å². The number of likely N-dealkylation sites (N-methyl/N-ethyl adjacent to an activating group) is 1. The van der Waals surface area contributed by atoms with E-state index in [1.54, 1.807) is 23.1 Å². The molecule has 0 aliphatic rings. The molecular formula is C20H24ClFN2O2. The third kappa shape index (κ3) is 6.65. The molecule has 0 spiro atoms. The summed E-state index contributed by atoms with van der Waals surface area (Å²) in [5.41, 5.74) is 0.768. The van der Waals surface area contributed by atoms with Gasteiger partial charge in [0.25, 0.3) is 0 Å². The van der Waals surface area contributed by atoms with Gasteiger partial charge >= 0.3 is 0 Å². The van der Waals surface area contributed by atoms with Crippen molar-refractivity contribution >= 4 is 17.5 Å². The van der Waals surface area contributed by atoms with E-state index in [0.29, 0.717) is 23.9 Å². The lowest BCUT2D eigenvalue weighted by Gasteiger charge is -2.25. The zero-order chi connectivity index (χ0) is 18.9. The van der Waals surface area contributed by atoms with Crippen LogP contribution in [0.15, 0.2) is 48.5 Å². The van der Waals surface area contributed by atoms with Crippen molar-refractivity contribution in [1.82, 2.24) is 9.80 Å². The lowest BCUT2D eigenvalue weighted by Crippen LogP contribution is -2.36. The molecule has 0 aliphatic heterocycles. The molecule has 1 amide bonds. The van der Waals surface area contributed by atoms with Crippen LogP contribution in [0.3, 0.4) is 0 Å². The Labute approximate surface area is 159 Å². The molecule has 6 heteroatoms. The molecule has 0 atom stereocenters. The molecule has 0 aromatic heterocycles. The first kappa shape index (κ1) is 20.2. The van der Waals surface area contributed by atoms with Crippen LogP contribution in [0.2, 0.25) is 5.02 Å². The highest BCUT2D eigenvalue weighted by molar-refractivity contribution is 6.32. The minimum Gasteiger partial charge on any atom is -0.491 e. The summed E-state index contributed by atoms with van der Waals surface area (Å²) in [5, 5.41) is 0.518. The first-order valence-corrected chi connectivity index (χ1v) is 8.88. The number of nitrogens with zero attached hydrogens (tertiary/aromatic N) is 2. The van der Waals surface area contributed by atoms with Crippen LogP contribution in [0.4, 0.5) is 4.39 Å². The van der Waals surface area contributed by atoms with Crippen molar-refractivity contribution in [3.05, 3.63) is 64.9 Å². The van der Waals surface area contributed by atoms with Crippen molar-refractivity contribution in [2.45, 2.75) is 13.0 Å². The van der Waals surface area contributed by atoms with Gasteiger partial charge in [-0.1, -0.05) is 35.9 Å². The Morgan fingerprint density at radius 1 is 1.12 bits per heavy atom. The highest BCUT2D eigenvalue weighted by Gasteiger charge is 2.15. The summed E-state index contributed by atoms with van der Waals surface area (Å²) < 4.78 is 19.0. The molecule has 4 nitrogen and oxygen atoms in total. The number of benzene rings is 2. The van der Waals surface area contributed by atoms with E-state index in [1.807, 2.05) is 37.2 Å². The van der Waals surface area contributed by atoms with Gasteiger partial charge in [0.05, 0.1) is 18.1 Å². The Morgan fingerprint density at radius 3 is 2.58 bits per heavy atom. The minimum absolute atomic E-state index is 0.0387. The van der Waals surface area contributed by atoms with Crippen molar-refractivity contribution < 1.29 is 13.9 Å². The number of carbonyl (C=O) groups excluding carboxylic acids is 1. The lowest BCUT2D eigenvalue weighted by molar-refractivity contribution is -0.132. The zero-order valence-electron chi connectivity index (χ0n) is 15.1. The number of amides is 1. The van der Waals surface area contributed by atoms with Crippen LogP contribution in [-0.2, 0) is 11.3 Å². The van der Waals surface area contributed by atoms with Crippen molar-refractivity contribution in [3.8, 4) is 5.75 Å². The number of rotatable bonds is 9. The molecule has 2 aromatic rings. The normalized spacial score (nSPS) is 10.8. The topological polar surface area (TPSA) is 32.8 Å². The van der Waals surface area contributed by atoms with E-state index in [9.17, 15) is 9.18 Å². The molecule has 0 N–H and O–H groups in total. The second-order valence-corrected chi connectivity index (χ2v) is 6.68. The van der Waals surface area contributed by atoms with Gasteiger partial charge in [0.2, 0.25) is 5.91 Å². The van der Waals surface area contributed by atoms with Crippen LogP contribution in [0, 0.1) is 5.82 Å². The predicted octanol–water partition coefficient (Wildman–Crippen LogP) is 3.84. The number of para-hydroxylation sites is 1. The minimum atomic E-state index is -0.301. The zero-order valence-corrected chi connectivity index (χ0v) is 15.9. The molecule has 140 valence electrons. The Kier molecular flexibility index (Phi) is 7.88. The van der Waals surface area contributed by atoms with Crippen LogP contribution in [0.5, 0.6) is 5.75 Å². The van der Waals surface area contributed by atoms with E-state index < -0.39 is 0 Å². The molecule has 0 bridgehead atoms. The van der Waals surface area contributed by atoms with Gasteiger partial charge in [-0.05, 0) is 43.9 Å². The molecule has 2 aromatic carbocycles. The second-order valence-electron chi connectivity index (χ2n) is 6.28. The molecule has 0 saturated heterocycles. The maximum absolute atomic E-state index is 13.4. The summed E-state index contributed by atoms with van der Waals surface area (Å²) in [4.78, 5) is 16.4. The van der Waals surface area contributed by atoms with Crippen LogP contribution >= 0.6 is 11.6 Å². The smallest absolute Gasteiger partial charge is 0.226 e. The average molecular weight is 379 g/mol. The first-order chi connectivity index (χ1) is 12.5. The number of hydrogen-bond donors (Lipinski definition) is 0. The van der Waals surface area contributed by atoms with Crippen LogP contribution in [-0.4, -0.2) is 49.5 Å². The molecule has 0 radical (unpaired) electrons. The van der Waals surface area contributed by atoms with Crippen LogP contribution in [0.25, 0.3) is 0 Å². The van der Waals surface area contributed by atoms with Crippen molar-refractivity contribution in [3.63, 3.8) is 0 Å². The van der Waals surface area contributed by atoms with Crippen LogP contribution in [0.1, 0.15) is 12.0 Å². The molecule has 0 heterocycles. The van der Waals surface area contributed by atoms with Gasteiger partial charge in [-0.25, -0.2) is 4.39 Å². The summed E-state index contributed by atoms with van der Waals surface area (Å²) in [6.07, 6.45) is 0.230. The summed E-state index contributed by atoms with van der Waals surface area (Å²) in [7, 11) is 3.90. The number of halogens is 2. The summed E-state index contributed by atoms with van der Waals surface area (Å²) in [5.74, 6) is 0.222. The van der Waals surface area contributed by atoms with Crippen molar-refractivity contribution in [1.29, 1.82) is 0 Å². The van der Waals surface area contributed by atoms with Crippen molar-refractivity contribution in [2.75, 3.05) is 33.8 Å². The fourth-order valence-corrected chi connectivity index (χ4v) is 2.63. The number of ether oxygens (including phenoxy) is 1. The standard InChI is InChI=1S/C20H24ClFN2O2/c1-23(2)11-12-24(15-16-6-5-7-17(22)14-16)20(25)10-13-26-19-9-4-3-8-18(19)21/h3-9,14H,10-13,15H2,1-2H3. The van der Waals surface area contributed by atoms with Gasteiger partial charge in [-0.15, -0.1) is 0 Å². The summed E-state index contributed by atoms with van der Waals surface area (Å²) in [6, 6.07) is 13.5. The van der Waals surface area contributed by atoms with E-state index in [0.717, 1.165) is 12.1 Å². The number of hydrogen-bond acceptors (Lipinski definition) is 3. The summed E-state index contributed by atoms with van der Waals surface area (Å²) in [6.45, 7) is 1.90. The Balaban J connectivity index is 1.94. The third-order valence-electron chi connectivity index (χ3n) is 3.84. The second kappa shape index (κ2) is 10.1. The van der Waals surface area contributed by atoms with Gasteiger partial charge in [0.15, 0.2) is 0 Å². The summed E-state index contributed by atoms with van der Waals surface area (Å²) >= 11 is 6.05. The molecule has 0 fully saturated rings. The fraction of sp³-hybridized carbons (Fsp3) is 0.350. The maximum Gasteiger partial charge on any atom is 0.226 e. The van der Waals surface area contributed by atoms with Gasteiger partial charge in [-0.3, -0.25) is 4.79 Å². The van der Waals surface area contributed by atoms with Crippen molar-refractivity contribution in [2.24, 2.45) is 0 Å². The molecule has 2 rings (SSSR count). The Bertz CT molecular complexity index is 724. The lowest BCUT2D eigenvalue weighted by atomic mass is 10.2. The predicted molar refractivity (Wildman–Crippen MR) is 102 cm³/mol.